The lowest BCUT2D eigenvalue weighted by atomic mass is 9.98. The summed E-state index contributed by atoms with van der Waals surface area (Å²) < 4.78 is 6.25. The lowest BCUT2D eigenvalue weighted by molar-refractivity contribution is 0.620. The Balaban J connectivity index is 1.33. The summed E-state index contributed by atoms with van der Waals surface area (Å²) in [5.41, 5.74) is 8.34. The molecule has 0 unspecified atom stereocenters. The third-order valence-electron chi connectivity index (χ3n) is 7.88. The number of aromatic nitrogens is 1. The van der Waals surface area contributed by atoms with Crippen LogP contribution in [0.15, 0.2) is 162 Å². The molecule has 0 spiro atoms. The van der Waals surface area contributed by atoms with Gasteiger partial charge in [0.2, 0.25) is 5.89 Å². The van der Waals surface area contributed by atoms with E-state index >= 15 is 0 Å². The van der Waals surface area contributed by atoms with E-state index in [1.54, 1.807) is 0 Å². The Hall–Kier alpha value is -5.67. The number of hydrogen-bond donors (Lipinski definition) is 0. The molecule has 0 amide bonds. The molecule has 42 heavy (non-hydrogen) atoms. The Morgan fingerprint density at radius 2 is 1.07 bits per heavy atom. The van der Waals surface area contributed by atoms with E-state index in [9.17, 15) is 0 Å². The van der Waals surface area contributed by atoms with Gasteiger partial charge in [-0.2, -0.15) is 0 Å². The second-order valence-electron chi connectivity index (χ2n) is 10.4. The molecule has 0 radical (unpaired) electrons. The maximum atomic E-state index is 6.25. The molecule has 0 saturated carbocycles. The molecule has 0 aliphatic heterocycles. The molecule has 8 rings (SSSR count). The number of rotatable bonds is 5. The van der Waals surface area contributed by atoms with Crippen LogP contribution in [0.25, 0.3) is 55.2 Å². The van der Waals surface area contributed by atoms with Gasteiger partial charge in [-0.15, -0.1) is 0 Å². The van der Waals surface area contributed by atoms with E-state index < -0.39 is 0 Å². The molecule has 7 aromatic carbocycles. The topological polar surface area (TPSA) is 29.3 Å². The first-order valence-electron chi connectivity index (χ1n) is 14.1. The maximum Gasteiger partial charge on any atom is 0.227 e. The van der Waals surface area contributed by atoms with Crippen LogP contribution >= 0.6 is 0 Å². The van der Waals surface area contributed by atoms with Gasteiger partial charge in [0, 0.05) is 27.7 Å². The van der Waals surface area contributed by atoms with Gasteiger partial charge in [0.1, 0.15) is 5.52 Å². The van der Waals surface area contributed by atoms with Crippen molar-refractivity contribution in [3.8, 4) is 22.6 Å². The van der Waals surface area contributed by atoms with Crippen molar-refractivity contribution in [3.05, 3.63) is 158 Å². The number of fused-ring (bicyclic) bond motifs is 5. The summed E-state index contributed by atoms with van der Waals surface area (Å²) in [6.07, 6.45) is 0. The zero-order valence-corrected chi connectivity index (χ0v) is 22.8. The van der Waals surface area contributed by atoms with Crippen molar-refractivity contribution < 1.29 is 4.42 Å². The maximum absolute atomic E-state index is 6.25. The van der Waals surface area contributed by atoms with Gasteiger partial charge in [0.15, 0.2) is 5.58 Å². The van der Waals surface area contributed by atoms with Crippen LogP contribution in [0.2, 0.25) is 0 Å². The third-order valence-corrected chi connectivity index (χ3v) is 7.88. The van der Waals surface area contributed by atoms with Crippen LogP contribution < -0.4 is 4.90 Å². The van der Waals surface area contributed by atoms with E-state index in [1.165, 1.54) is 11.1 Å². The largest absolute Gasteiger partial charge is 0.436 e. The molecule has 1 heterocycles. The van der Waals surface area contributed by atoms with Crippen molar-refractivity contribution in [1.82, 2.24) is 4.98 Å². The lowest BCUT2D eigenvalue weighted by Crippen LogP contribution is -2.10. The van der Waals surface area contributed by atoms with E-state index in [-0.39, 0.29) is 0 Å². The fourth-order valence-corrected chi connectivity index (χ4v) is 5.89. The first-order valence-corrected chi connectivity index (χ1v) is 14.1. The summed E-state index contributed by atoms with van der Waals surface area (Å²) in [7, 11) is 0. The van der Waals surface area contributed by atoms with Gasteiger partial charge in [0.05, 0.1) is 5.69 Å². The Morgan fingerprint density at radius 1 is 0.452 bits per heavy atom. The molecule has 0 N–H and O–H groups in total. The van der Waals surface area contributed by atoms with E-state index in [4.69, 9.17) is 9.40 Å². The van der Waals surface area contributed by atoms with Crippen molar-refractivity contribution in [2.24, 2.45) is 0 Å². The van der Waals surface area contributed by atoms with Crippen molar-refractivity contribution in [1.29, 1.82) is 0 Å². The molecular formula is C39H26N2O. The molecular weight excluding hydrogens is 512 g/mol. The Morgan fingerprint density at radius 3 is 1.81 bits per heavy atom. The van der Waals surface area contributed by atoms with E-state index in [1.807, 2.05) is 36.4 Å². The van der Waals surface area contributed by atoms with Crippen molar-refractivity contribution in [2.75, 3.05) is 4.90 Å². The summed E-state index contributed by atoms with van der Waals surface area (Å²) in [4.78, 5) is 7.34. The summed E-state index contributed by atoms with van der Waals surface area (Å²) >= 11 is 0. The molecule has 0 aliphatic rings. The summed E-state index contributed by atoms with van der Waals surface area (Å²) in [5.74, 6) is 0.635. The van der Waals surface area contributed by atoms with Gasteiger partial charge >= 0.3 is 0 Å². The molecule has 0 aliphatic carbocycles. The minimum atomic E-state index is 0.635. The first kappa shape index (κ1) is 24.2. The lowest BCUT2D eigenvalue weighted by Gasteiger charge is -2.27. The van der Waals surface area contributed by atoms with Crippen LogP contribution in [0, 0.1) is 0 Å². The second kappa shape index (κ2) is 10.1. The number of para-hydroxylation sites is 1. The third kappa shape index (κ3) is 4.11. The van der Waals surface area contributed by atoms with Crippen LogP contribution in [0.1, 0.15) is 0 Å². The number of anilines is 3. The van der Waals surface area contributed by atoms with Gasteiger partial charge in [-0.25, -0.2) is 4.98 Å². The average molecular weight is 539 g/mol. The van der Waals surface area contributed by atoms with Crippen molar-refractivity contribution >= 4 is 49.7 Å². The number of hydrogen-bond acceptors (Lipinski definition) is 3. The molecule has 3 heteroatoms. The van der Waals surface area contributed by atoms with Gasteiger partial charge in [-0.1, -0.05) is 109 Å². The summed E-state index contributed by atoms with van der Waals surface area (Å²) in [5, 5.41) is 4.53. The molecule has 8 aromatic rings. The molecule has 1 aromatic heterocycles. The number of benzene rings is 7. The fraction of sp³-hybridized carbons (Fsp3) is 0. The van der Waals surface area contributed by atoms with E-state index in [0.29, 0.717) is 5.89 Å². The summed E-state index contributed by atoms with van der Waals surface area (Å²) in [6.45, 7) is 0. The Labute approximate surface area is 243 Å². The Kier molecular flexibility index (Phi) is 5.79. The predicted octanol–water partition coefficient (Wildman–Crippen LogP) is 10.9. The van der Waals surface area contributed by atoms with E-state index in [2.05, 4.69) is 126 Å². The van der Waals surface area contributed by atoms with Crippen molar-refractivity contribution in [2.45, 2.75) is 0 Å². The van der Waals surface area contributed by atoms with Crippen molar-refractivity contribution in [3.63, 3.8) is 0 Å². The molecule has 0 atom stereocenters. The monoisotopic (exact) mass is 538 g/mol. The average Bonchev–Trinajstić information content (AvgIpc) is 3.51. The smallest absolute Gasteiger partial charge is 0.227 e. The van der Waals surface area contributed by atoms with Gasteiger partial charge in [-0.05, 0) is 70.4 Å². The van der Waals surface area contributed by atoms with E-state index in [0.717, 1.165) is 55.3 Å². The summed E-state index contributed by atoms with van der Waals surface area (Å²) in [6, 6.07) is 55.1. The number of oxazole rings is 1. The molecule has 0 bridgehead atoms. The SMILES string of the molecule is c1ccc(-c2ccc(N(c3ccccc3)c3cccc4c3ccc3ccc5oc(-c6ccccc6)nc5c34)cc2)cc1. The van der Waals surface area contributed by atoms with Crippen LogP contribution in [-0.4, -0.2) is 4.98 Å². The zero-order chi connectivity index (χ0) is 27.9. The highest BCUT2D eigenvalue weighted by molar-refractivity contribution is 6.21. The molecule has 0 saturated heterocycles. The number of nitrogens with zero attached hydrogens (tertiary/aromatic N) is 2. The Bertz CT molecular complexity index is 2170. The molecule has 3 nitrogen and oxygen atoms in total. The van der Waals surface area contributed by atoms with Crippen LogP contribution in [0.5, 0.6) is 0 Å². The normalized spacial score (nSPS) is 11.3. The van der Waals surface area contributed by atoms with Crippen LogP contribution in [0.4, 0.5) is 17.1 Å². The minimum absolute atomic E-state index is 0.635. The van der Waals surface area contributed by atoms with Gasteiger partial charge < -0.3 is 9.32 Å². The minimum Gasteiger partial charge on any atom is -0.436 e. The fourth-order valence-electron chi connectivity index (χ4n) is 5.89. The predicted molar refractivity (Wildman–Crippen MR) is 175 cm³/mol. The highest BCUT2D eigenvalue weighted by Gasteiger charge is 2.18. The second-order valence-corrected chi connectivity index (χ2v) is 10.4. The van der Waals surface area contributed by atoms with Gasteiger partial charge in [0.25, 0.3) is 0 Å². The highest BCUT2D eigenvalue weighted by Crippen LogP contribution is 2.42. The first-order chi connectivity index (χ1) is 20.8. The van der Waals surface area contributed by atoms with Crippen LogP contribution in [0.3, 0.4) is 0 Å². The molecule has 0 fully saturated rings. The standard InChI is InChI=1S/C39H26N2O/c1-4-11-27(12-5-1)28-19-23-32(24-20-28)41(31-15-8-3-9-16-31)35-18-10-17-34-33(35)25-21-29-22-26-36-38(37(29)34)40-39(42-36)30-13-6-2-7-14-30/h1-26H. The van der Waals surface area contributed by atoms with Gasteiger partial charge in [-0.3, -0.25) is 0 Å². The quantitative estimate of drug-likeness (QED) is 0.204. The highest BCUT2D eigenvalue weighted by atomic mass is 16.3. The zero-order valence-electron chi connectivity index (χ0n) is 22.8. The molecule has 198 valence electrons. The van der Waals surface area contributed by atoms with Crippen LogP contribution in [-0.2, 0) is 0 Å².